The number of nitrogens with zero attached hydrogens (tertiary/aromatic N) is 1. The number of carbonyl (C=O) groups excluding carboxylic acids is 2. The molecule has 0 aliphatic heterocycles. The van der Waals surface area contributed by atoms with Gasteiger partial charge < -0.3 is 15.6 Å². The lowest BCUT2D eigenvalue weighted by atomic mass is 10.2. The lowest BCUT2D eigenvalue weighted by Gasteiger charge is -2.09. The minimum atomic E-state index is -0.725. The Kier molecular flexibility index (Phi) is 4.98. The van der Waals surface area contributed by atoms with Crippen molar-refractivity contribution >= 4 is 23.2 Å². The van der Waals surface area contributed by atoms with E-state index in [0.717, 1.165) is 10.8 Å². The van der Waals surface area contributed by atoms with E-state index in [1.165, 1.54) is 6.92 Å². The monoisotopic (exact) mass is 364 g/mol. The van der Waals surface area contributed by atoms with Gasteiger partial charge in [0.05, 0.1) is 5.69 Å². The molecule has 3 N–H and O–H groups in total. The van der Waals surface area contributed by atoms with Crippen LogP contribution < -0.4 is 21.9 Å². The van der Waals surface area contributed by atoms with Crippen molar-refractivity contribution in [3.63, 3.8) is 0 Å². The Balaban J connectivity index is 1.89. The van der Waals surface area contributed by atoms with E-state index in [-0.39, 0.29) is 11.5 Å². The molecule has 3 rings (SSSR count). The summed E-state index contributed by atoms with van der Waals surface area (Å²) in [7, 11) is 0. The van der Waals surface area contributed by atoms with Gasteiger partial charge in [-0.3, -0.25) is 14.4 Å². The maximum Gasteiger partial charge on any atom is 0.333 e. The number of aromatic amines is 1. The minimum absolute atomic E-state index is 0.204. The van der Waals surface area contributed by atoms with Crippen molar-refractivity contribution in [1.29, 1.82) is 0 Å². The van der Waals surface area contributed by atoms with Gasteiger partial charge in [0, 0.05) is 24.5 Å². The molecular weight excluding hydrogens is 348 g/mol. The summed E-state index contributed by atoms with van der Waals surface area (Å²) in [6, 6.07) is 14.7. The number of rotatable bonds is 4. The SMILES string of the molecule is CC(=O)Nc1ccc(NC(=O)c2c[nH]c(=O)n(-c3ccccc3)c2=O)cc1. The van der Waals surface area contributed by atoms with E-state index in [4.69, 9.17) is 0 Å². The highest BCUT2D eigenvalue weighted by atomic mass is 16.2. The smallest absolute Gasteiger partial charge is 0.326 e. The second-order valence-corrected chi connectivity index (χ2v) is 5.70. The van der Waals surface area contributed by atoms with Gasteiger partial charge in [-0.15, -0.1) is 0 Å². The first-order valence-corrected chi connectivity index (χ1v) is 8.05. The molecule has 0 fully saturated rings. The van der Waals surface area contributed by atoms with Crippen LogP contribution in [0.1, 0.15) is 17.3 Å². The van der Waals surface area contributed by atoms with Crippen LogP contribution >= 0.6 is 0 Å². The summed E-state index contributed by atoms with van der Waals surface area (Å²) in [4.78, 5) is 50.6. The molecule has 136 valence electrons. The fraction of sp³-hybridized carbons (Fsp3) is 0.0526. The molecule has 0 aliphatic rings. The largest absolute Gasteiger partial charge is 0.333 e. The summed E-state index contributed by atoms with van der Waals surface area (Å²) in [5, 5.41) is 5.20. The second kappa shape index (κ2) is 7.52. The second-order valence-electron chi connectivity index (χ2n) is 5.70. The van der Waals surface area contributed by atoms with Gasteiger partial charge in [0.15, 0.2) is 0 Å². The van der Waals surface area contributed by atoms with Crippen LogP contribution in [0.3, 0.4) is 0 Å². The highest BCUT2D eigenvalue weighted by molar-refractivity contribution is 6.04. The number of carbonyl (C=O) groups is 2. The van der Waals surface area contributed by atoms with Gasteiger partial charge >= 0.3 is 5.69 Å². The zero-order valence-electron chi connectivity index (χ0n) is 14.4. The molecule has 8 nitrogen and oxygen atoms in total. The molecule has 0 aliphatic carbocycles. The van der Waals surface area contributed by atoms with E-state index in [1.807, 2.05) is 0 Å². The van der Waals surface area contributed by atoms with E-state index < -0.39 is 17.2 Å². The Labute approximate surface area is 153 Å². The molecule has 3 aromatic rings. The summed E-state index contributed by atoms with van der Waals surface area (Å²) in [6.45, 7) is 1.39. The van der Waals surface area contributed by atoms with Crippen molar-refractivity contribution in [2.24, 2.45) is 0 Å². The summed E-state index contributed by atoms with van der Waals surface area (Å²) in [6.07, 6.45) is 1.09. The Bertz CT molecular complexity index is 1100. The molecule has 1 aromatic heterocycles. The van der Waals surface area contributed by atoms with Crippen LogP contribution in [0.4, 0.5) is 11.4 Å². The van der Waals surface area contributed by atoms with Crippen LogP contribution in [-0.4, -0.2) is 21.4 Å². The Morgan fingerprint density at radius 1 is 0.889 bits per heavy atom. The molecular formula is C19H16N4O4. The standard InChI is InChI=1S/C19H16N4O4/c1-12(24)21-13-7-9-14(10-8-13)22-17(25)16-11-20-19(27)23(18(16)26)15-5-3-2-4-6-15/h2-11H,1H3,(H,20,27)(H,21,24)(H,22,25). The maximum absolute atomic E-state index is 12.6. The quantitative estimate of drug-likeness (QED) is 0.654. The maximum atomic E-state index is 12.6. The first kappa shape index (κ1) is 17.9. The number of anilines is 2. The molecule has 0 spiro atoms. The van der Waals surface area contributed by atoms with Gasteiger partial charge in [0.1, 0.15) is 5.56 Å². The third kappa shape index (κ3) is 4.01. The third-order valence-electron chi connectivity index (χ3n) is 3.70. The molecule has 0 radical (unpaired) electrons. The van der Waals surface area contributed by atoms with E-state index in [2.05, 4.69) is 15.6 Å². The number of hydrogen-bond donors (Lipinski definition) is 3. The zero-order chi connectivity index (χ0) is 19.4. The van der Waals surface area contributed by atoms with Crippen molar-refractivity contribution in [3.8, 4) is 5.69 Å². The number of aromatic nitrogens is 2. The first-order valence-electron chi connectivity index (χ1n) is 8.05. The highest BCUT2D eigenvalue weighted by Crippen LogP contribution is 2.14. The van der Waals surface area contributed by atoms with E-state index >= 15 is 0 Å². The van der Waals surface area contributed by atoms with Crippen LogP contribution in [0.2, 0.25) is 0 Å². The Hall–Kier alpha value is -3.94. The number of H-pyrrole nitrogens is 1. The predicted octanol–water partition coefficient (Wildman–Crippen LogP) is 1.74. The number of para-hydroxylation sites is 1. The molecule has 0 bridgehead atoms. The zero-order valence-corrected chi connectivity index (χ0v) is 14.4. The van der Waals surface area contributed by atoms with Crippen LogP contribution in [-0.2, 0) is 4.79 Å². The van der Waals surface area contributed by atoms with Crippen LogP contribution in [0.15, 0.2) is 70.4 Å². The third-order valence-corrected chi connectivity index (χ3v) is 3.70. The van der Waals surface area contributed by atoms with E-state index in [9.17, 15) is 19.2 Å². The number of benzene rings is 2. The minimum Gasteiger partial charge on any atom is -0.326 e. The van der Waals surface area contributed by atoms with Gasteiger partial charge in [-0.25, -0.2) is 9.36 Å². The van der Waals surface area contributed by atoms with Crippen molar-refractivity contribution in [3.05, 3.63) is 87.2 Å². The topological polar surface area (TPSA) is 113 Å². The van der Waals surface area contributed by atoms with Gasteiger partial charge in [0.2, 0.25) is 5.91 Å². The lowest BCUT2D eigenvalue weighted by Crippen LogP contribution is -2.38. The summed E-state index contributed by atoms with van der Waals surface area (Å²) in [5.41, 5.74) is -0.191. The molecule has 2 aromatic carbocycles. The Morgan fingerprint density at radius 3 is 2.07 bits per heavy atom. The Morgan fingerprint density at radius 2 is 1.48 bits per heavy atom. The average molecular weight is 364 g/mol. The normalized spacial score (nSPS) is 10.3. The molecule has 1 heterocycles. The molecule has 0 atom stereocenters. The summed E-state index contributed by atoms with van der Waals surface area (Å²) in [5.74, 6) is -0.866. The van der Waals surface area contributed by atoms with E-state index in [0.29, 0.717) is 17.1 Å². The van der Waals surface area contributed by atoms with Gasteiger partial charge in [-0.05, 0) is 36.4 Å². The van der Waals surface area contributed by atoms with E-state index in [1.54, 1.807) is 54.6 Å². The number of hydrogen-bond acceptors (Lipinski definition) is 4. The molecule has 2 amide bonds. The number of amides is 2. The fourth-order valence-corrected chi connectivity index (χ4v) is 2.49. The average Bonchev–Trinajstić information content (AvgIpc) is 2.64. The first-order chi connectivity index (χ1) is 13.0. The highest BCUT2D eigenvalue weighted by Gasteiger charge is 2.16. The predicted molar refractivity (Wildman–Crippen MR) is 101 cm³/mol. The molecule has 0 unspecified atom stereocenters. The molecule has 0 saturated heterocycles. The molecule has 27 heavy (non-hydrogen) atoms. The fourth-order valence-electron chi connectivity index (χ4n) is 2.49. The van der Waals surface area contributed by atoms with Crippen molar-refractivity contribution < 1.29 is 9.59 Å². The van der Waals surface area contributed by atoms with Crippen molar-refractivity contribution in [1.82, 2.24) is 9.55 Å². The van der Waals surface area contributed by atoms with Crippen molar-refractivity contribution in [2.75, 3.05) is 10.6 Å². The van der Waals surface area contributed by atoms with Crippen LogP contribution in [0.5, 0.6) is 0 Å². The summed E-state index contributed by atoms with van der Waals surface area (Å²) >= 11 is 0. The van der Waals surface area contributed by atoms with Gasteiger partial charge in [-0.2, -0.15) is 0 Å². The summed E-state index contributed by atoms with van der Waals surface area (Å²) < 4.78 is 0.898. The van der Waals surface area contributed by atoms with Gasteiger partial charge in [-0.1, -0.05) is 18.2 Å². The molecule has 8 heteroatoms. The molecule has 0 saturated carbocycles. The van der Waals surface area contributed by atoms with Crippen molar-refractivity contribution in [2.45, 2.75) is 6.92 Å². The lowest BCUT2D eigenvalue weighted by molar-refractivity contribution is -0.114. The number of nitrogens with one attached hydrogen (secondary N) is 3. The van der Waals surface area contributed by atoms with Crippen LogP contribution in [0, 0.1) is 0 Å². The van der Waals surface area contributed by atoms with Gasteiger partial charge in [0.25, 0.3) is 11.5 Å². The van der Waals surface area contributed by atoms with Crippen LogP contribution in [0.25, 0.3) is 5.69 Å².